The number of piperidine rings is 4. The van der Waals surface area contributed by atoms with E-state index in [1.54, 1.807) is 31.5 Å². The van der Waals surface area contributed by atoms with Crippen LogP contribution in [0.5, 0.6) is 0 Å². The number of imide groups is 2. The topological polar surface area (TPSA) is 223 Å². The first-order valence-electron chi connectivity index (χ1n) is 31.2. The quantitative estimate of drug-likeness (QED) is 0.102. The molecule has 2 aromatic heterocycles. The second-order valence-corrected chi connectivity index (χ2v) is 25.7. The zero-order valence-corrected chi connectivity index (χ0v) is 50.1. The molecule has 13 rings (SSSR count). The van der Waals surface area contributed by atoms with Gasteiger partial charge in [-0.15, -0.1) is 0 Å². The minimum Gasteiger partial charge on any atom is -0.371 e. The summed E-state index contributed by atoms with van der Waals surface area (Å²) in [7, 11) is 0. The van der Waals surface area contributed by atoms with Crippen LogP contribution in [0.4, 0.5) is 27.3 Å². The number of nitrogens with zero attached hydrogens (tertiary/aromatic N) is 9. The van der Waals surface area contributed by atoms with Crippen molar-refractivity contribution >= 4 is 81.2 Å². The van der Waals surface area contributed by atoms with E-state index >= 15 is 9.18 Å². The van der Waals surface area contributed by atoms with Crippen molar-refractivity contribution in [3.05, 3.63) is 106 Å². The van der Waals surface area contributed by atoms with Crippen molar-refractivity contribution in [3.8, 4) is 11.3 Å². The Kier molecular flexibility index (Phi) is 15.1. The molecule has 1 unspecified atom stereocenters. The van der Waals surface area contributed by atoms with Gasteiger partial charge in [0.25, 0.3) is 17.7 Å². The second-order valence-electron chi connectivity index (χ2n) is 25.7. The van der Waals surface area contributed by atoms with Crippen LogP contribution in [0.25, 0.3) is 22.3 Å². The molecule has 9 heterocycles. The Hall–Kier alpha value is -8.33. The van der Waals surface area contributed by atoms with Crippen LogP contribution in [0.2, 0.25) is 0 Å². The molecule has 454 valence electrons. The Morgan fingerprint density at radius 1 is 0.770 bits per heavy atom. The third-order valence-electron chi connectivity index (χ3n) is 19.7. The minimum atomic E-state index is -1.04. The fourth-order valence-corrected chi connectivity index (χ4v) is 14.8. The molecule has 4 saturated heterocycles. The van der Waals surface area contributed by atoms with Crippen molar-refractivity contribution in [2.24, 2.45) is 5.92 Å². The molecule has 87 heavy (non-hydrogen) atoms. The highest BCUT2D eigenvalue weighted by molar-refractivity contribution is 6.24. The molecule has 20 nitrogen and oxygen atoms in total. The van der Waals surface area contributed by atoms with E-state index in [1.165, 1.54) is 31.4 Å². The third kappa shape index (κ3) is 10.3. The standard InChI is InChI=1S/C66H75FN12O8/c1-37(2)69-59(81)47-34-52(50(67)29-39(47)5)71-58-57-53(68-36-77(57)38(3)4)35-51(70-58)42-9-12-49-55(30-42)78(45-31-44(32-45)73-21-7-6-8-22-73)65(87)66(49)19-27-76(28-20-66)62(84)41-17-25-75(26-18-41)61(83)40-15-23-74(24-16-40)43-10-11-46-48(33-43)64(86)79(63(46)85)54-13-14-56(80)72-60(54)82/h9-12,17,29-30,33-38,40,44-45,54H,6-8,13-16,18-28,31-32H2,1-5H3,(H,69,81)(H,70,71)(H,72,80,82)/t44-,45+,54?. The monoisotopic (exact) mass is 1180 g/mol. The summed E-state index contributed by atoms with van der Waals surface area (Å²) in [5, 5.41) is 8.42. The molecule has 1 spiro atoms. The largest absolute Gasteiger partial charge is 0.371 e. The van der Waals surface area contributed by atoms with Gasteiger partial charge >= 0.3 is 0 Å². The fraction of sp³-hybridized carbons (Fsp3) is 0.485. The number of aromatic nitrogens is 3. The Bertz CT molecular complexity index is 3730. The summed E-state index contributed by atoms with van der Waals surface area (Å²) in [5.41, 5.74) is 6.48. The summed E-state index contributed by atoms with van der Waals surface area (Å²) < 4.78 is 18.0. The van der Waals surface area contributed by atoms with Crippen molar-refractivity contribution in [3.63, 3.8) is 0 Å². The van der Waals surface area contributed by atoms with Gasteiger partial charge in [-0.2, -0.15) is 0 Å². The first-order valence-corrected chi connectivity index (χ1v) is 31.2. The van der Waals surface area contributed by atoms with E-state index in [0.29, 0.717) is 117 Å². The number of anilines is 4. The lowest BCUT2D eigenvalue weighted by Gasteiger charge is -2.48. The van der Waals surface area contributed by atoms with Gasteiger partial charge in [-0.1, -0.05) is 24.6 Å². The molecule has 0 radical (unpaired) electrons. The van der Waals surface area contributed by atoms with Gasteiger partial charge in [0, 0.05) is 104 Å². The molecule has 1 saturated carbocycles. The van der Waals surface area contributed by atoms with Gasteiger partial charge in [-0.05, 0) is 166 Å². The molecule has 7 aliphatic heterocycles. The van der Waals surface area contributed by atoms with Crippen molar-refractivity contribution in [2.75, 3.05) is 67.5 Å². The predicted octanol–water partition coefficient (Wildman–Crippen LogP) is 7.71. The van der Waals surface area contributed by atoms with E-state index in [-0.39, 0.29) is 77.3 Å². The summed E-state index contributed by atoms with van der Waals surface area (Å²) in [4.78, 5) is 130. The highest BCUT2D eigenvalue weighted by Crippen LogP contribution is 2.52. The van der Waals surface area contributed by atoms with Crippen LogP contribution in [0.1, 0.15) is 153 Å². The summed E-state index contributed by atoms with van der Waals surface area (Å²) in [6.45, 7) is 14.4. The second kappa shape index (κ2) is 22.7. The van der Waals surface area contributed by atoms with Crippen LogP contribution < -0.4 is 25.8 Å². The number of pyridine rings is 1. The molecule has 5 fully saturated rings. The number of nitrogens with one attached hydrogen (secondary N) is 3. The highest BCUT2D eigenvalue weighted by atomic mass is 19.1. The zero-order chi connectivity index (χ0) is 60.7. The average molecular weight is 1180 g/mol. The summed E-state index contributed by atoms with van der Waals surface area (Å²) >= 11 is 0. The Balaban J connectivity index is 0.694. The number of aryl methyl sites for hydroxylation is 1. The van der Waals surface area contributed by atoms with E-state index in [1.807, 2.05) is 60.3 Å². The average Bonchev–Trinajstić information content (AvgIpc) is 1.58. The molecule has 0 bridgehead atoms. The van der Waals surface area contributed by atoms with Gasteiger partial charge in [0.05, 0.1) is 39.8 Å². The number of rotatable bonds is 12. The van der Waals surface area contributed by atoms with Crippen LogP contribution in [0, 0.1) is 18.7 Å². The lowest BCUT2D eigenvalue weighted by Crippen LogP contribution is -2.58. The van der Waals surface area contributed by atoms with Gasteiger partial charge in [0.15, 0.2) is 5.82 Å². The third-order valence-corrected chi connectivity index (χ3v) is 19.7. The predicted molar refractivity (Wildman–Crippen MR) is 325 cm³/mol. The molecular weight excluding hydrogens is 1110 g/mol. The van der Waals surface area contributed by atoms with Crippen LogP contribution >= 0.6 is 0 Å². The number of amides is 8. The summed E-state index contributed by atoms with van der Waals surface area (Å²) in [5.74, 6) is -2.82. The maximum atomic E-state index is 16.0. The Labute approximate surface area is 504 Å². The Morgan fingerprint density at radius 2 is 1.52 bits per heavy atom. The fourth-order valence-electron chi connectivity index (χ4n) is 14.8. The molecule has 1 atom stereocenters. The van der Waals surface area contributed by atoms with E-state index < -0.39 is 40.9 Å². The number of halogens is 1. The molecule has 3 aromatic carbocycles. The van der Waals surface area contributed by atoms with Crippen molar-refractivity contribution in [1.29, 1.82) is 0 Å². The first-order chi connectivity index (χ1) is 41.8. The maximum absolute atomic E-state index is 16.0. The lowest BCUT2D eigenvalue weighted by atomic mass is 9.73. The normalized spacial score (nSPS) is 22.5. The maximum Gasteiger partial charge on any atom is 0.262 e. The van der Waals surface area contributed by atoms with Gasteiger partial charge in [0.1, 0.15) is 17.4 Å². The van der Waals surface area contributed by atoms with E-state index in [0.717, 1.165) is 53.3 Å². The molecule has 8 aliphatic rings. The minimum absolute atomic E-state index is 0.00134. The van der Waals surface area contributed by atoms with Gasteiger partial charge < -0.3 is 39.7 Å². The van der Waals surface area contributed by atoms with Crippen LogP contribution in [-0.4, -0.2) is 158 Å². The van der Waals surface area contributed by atoms with Crippen LogP contribution in [-0.2, 0) is 29.4 Å². The SMILES string of the molecule is Cc1cc(F)c(Nc2nc(-c3ccc4c(c3)N([C@H]3C[C@@H](N5CCCCC5)C3)C(=O)C43CCN(C(=O)C4=CCN(C(=O)C5CCN(c6ccc7c(c6)C(=O)N(C6CCC(=O)NC6=O)C7=O)CC5)CC4)CC3)cc3ncn(C(C)C)c23)cc1C(=O)NC(C)C. The summed E-state index contributed by atoms with van der Waals surface area (Å²) in [6, 6.07) is 15.3. The van der Waals surface area contributed by atoms with Gasteiger partial charge in [-0.3, -0.25) is 48.6 Å². The van der Waals surface area contributed by atoms with Crippen molar-refractivity contribution in [1.82, 2.24) is 44.8 Å². The number of carbonyl (C=O) groups is 8. The summed E-state index contributed by atoms with van der Waals surface area (Å²) in [6.07, 6.45) is 11.7. The van der Waals surface area contributed by atoms with Crippen LogP contribution in [0.3, 0.4) is 0 Å². The Morgan fingerprint density at radius 3 is 2.22 bits per heavy atom. The van der Waals surface area contributed by atoms with Gasteiger partial charge in [-0.25, -0.2) is 14.4 Å². The molecule has 5 aromatic rings. The number of hydrogen-bond acceptors (Lipinski definition) is 13. The lowest BCUT2D eigenvalue weighted by molar-refractivity contribution is -0.137. The van der Waals surface area contributed by atoms with Crippen molar-refractivity contribution < 1.29 is 42.7 Å². The van der Waals surface area contributed by atoms with E-state index in [9.17, 15) is 33.6 Å². The first kappa shape index (κ1) is 57.7. The molecule has 21 heteroatoms. The van der Waals surface area contributed by atoms with Crippen LogP contribution in [0.15, 0.2) is 72.6 Å². The van der Waals surface area contributed by atoms with Crippen molar-refractivity contribution in [2.45, 2.75) is 147 Å². The smallest absolute Gasteiger partial charge is 0.262 e. The van der Waals surface area contributed by atoms with Gasteiger partial charge in [0.2, 0.25) is 29.5 Å². The number of imidazole rings is 1. The van der Waals surface area contributed by atoms with E-state index in [4.69, 9.17) is 9.97 Å². The number of benzene rings is 3. The molecule has 3 N–H and O–H groups in total. The number of carbonyl (C=O) groups excluding carboxylic acids is 8. The highest BCUT2D eigenvalue weighted by Gasteiger charge is 2.56. The molecular formula is C66H75FN12O8. The number of hydrogen-bond donors (Lipinski definition) is 3. The molecule has 1 aliphatic carbocycles. The van der Waals surface area contributed by atoms with E-state index in [2.05, 4.69) is 42.8 Å². The number of likely N-dealkylation sites (tertiary alicyclic amines) is 2. The molecule has 8 amide bonds. The number of fused-ring (bicyclic) bond motifs is 4. The zero-order valence-electron chi connectivity index (χ0n) is 50.1.